The number of carbonyl (C=O) groups excluding carboxylic acids is 2. The van der Waals surface area contributed by atoms with Gasteiger partial charge in [-0.1, -0.05) is 18.2 Å². The summed E-state index contributed by atoms with van der Waals surface area (Å²) in [5.41, 5.74) is 4.55. The van der Waals surface area contributed by atoms with Crippen LogP contribution in [0.15, 0.2) is 41.0 Å². The normalized spacial score (nSPS) is 13.3. The van der Waals surface area contributed by atoms with Crippen LogP contribution in [0.25, 0.3) is 11.0 Å². The van der Waals surface area contributed by atoms with E-state index in [4.69, 9.17) is 18.6 Å². The molecule has 1 atom stereocenters. The van der Waals surface area contributed by atoms with Gasteiger partial charge in [0.1, 0.15) is 5.58 Å². The van der Waals surface area contributed by atoms with E-state index in [0.29, 0.717) is 11.5 Å². The Morgan fingerprint density at radius 2 is 1.93 bits per heavy atom. The van der Waals surface area contributed by atoms with Crippen molar-refractivity contribution in [3.05, 3.63) is 58.8 Å². The number of nitrogens with one attached hydrogen (secondary N) is 1. The summed E-state index contributed by atoms with van der Waals surface area (Å²) < 4.78 is 21.4. The average Bonchev–Trinajstić information content (AvgIpc) is 3.36. The van der Waals surface area contributed by atoms with E-state index in [2.05, 4.69) is 5.32 Å². The van der Waals surface area contributed by atoms with E-state index in [1.807, 2.05) is 45.0 Å². The number of carbonyl (C=O) groups is 2. The largest absolute Gasteiger partial charge is 0.464 e. The molecule has 30 heavy (non-hydrogen) atoms. The highest BCUT2D eigenvalue weighted by atomic mass is 16.7. The molecule has 0 fully saturated rings. The molecule has 0 bridgehead atoms. The number of amides is 1. The zero-order valence-electron chi connectivity index (χ0n) is 17.1. The Hall–Kier alpha value is -3.48. The number of hydrogen-bond acceptors (Lipinski definition) is 6. The third-order valence-corrected chi connectivity index (χ3v) is 5.31. The Balaban J connectivity index is 1.31. The highest BCUT2D eigenvalue weighted by Gasteiger charge is 2.18. The van der Waals surface area contributed by atoms with Gasteiger partial charge in [-0.15, -0.1) is 0 Å². The monoisotopic (exact) mass is 409 g/mol. The minimum absolute atomic E-state index is 0.0422. The van der Waals surface area contributed by atoms with Gasteiger partial charge >= 0.3 is 5.97 Å². The Bertz CT molecular complexity index is 1120. The van der Waals surface area contributed by atoms with Gasteiger partial charge in [0.25, 0.3) is 5.91 Å². The molecule has 0 unspecified atom stereocenters. The first-order valence-corrected chi connectivity index (χ1v) is 9.73. The maximum absolute atomic E-state index is 12.2. The molecule has 0 aliphatic carbocycles. The number of esters is 1. The van der Waals surface area contributed by atoms with Gasteiger partial charge in [-0.3, -0.25) is 9.59 Å². The van der Waals surface area contributed by atoms with Crippen molar-refractivity contribution >= 4 is 22.8 Å². The molecule has 1 aromatic heterocycles. The smallest absolute Gasteiger partial charge is 0.310 e. The summed E-state index contributed by atoms with van der Waals surface area (Å²) in [7, 11) is 0. The highest BCUT2D eigenvalue weighted by Crippen LogP contribution is 2.34. The van der Waals surface area contributed by atoms with Gasteiger partial charge in [-0.25, -0.2) is 0 Å². The zero-order chi connectivity index (χ0) is 21.3. The van der Waals surface area contributed by atoms with Crippen LogP contribution in [-0.2, 0) is 20.7 Å². The lowest BCUT2D eigenvalue weighted by atomic mass is 10.0. The first-order valence-electron chi connectivity index (χ1n) is 9.73. The molecule has 2 heterocycles. The van der Waals surface area contributed by atoms with Gasteiger partial charge in [-0.2, -0.15) is 0 Å². The van der Waals surface area contributed by atoms with Gasteiger partial charge in [-0.05, 0) is 49.6 Å². The van der Waals surface area contributed by atoms with Gasteiger partial charge in [0.2, 0.25) is 6.79 Å². The molecule has 1 aliphatic heterocycles. The molecule has 7 nitrogen and oxygen atoms in total. The van der Waals surface area contributed by atoms with Crippen LogP contribution in [-0.4, -0.2) is 25.3 Å². The zero-order valence-corrected chi connectivity index (χ0v) is 17.1. The van der Waals surface area contributed by atoms with Crippen LogP contribution in [0, 0.1) is 13.8 Å². The van der Waals surface area contributed by atoms with Crippen molar-refractivity contribution in [3.63, 3.8) is 0 Å². The highest BCUT2D eigenvalue weighted by molar-refractivity contribution is 5.89. The number of benzene rings is 2. The number of fused-ring (bicyclic) bond motifs is 2. The summed E-state index contributed by atoms with van der Waals surface area (Å²) >= 11 is 0. The molecule has 0 saturated heterocycles. The molecule has 1 N–H and O–H groups in total. The molecule has 1 aliphatic rings. The number of hydrogen-bond donors (Lipinski definition) is 1. The molecule has 3 aromatic rings. The third kappa shape index (κ3) is 3.96. The molecule has 1 amide bonds. The quantitative estimate of drug-likeness (QED) is 0.624. The average molecular weight is 409 g/mol. The van der Waals surface area contributed by atoms with E-state index in [-0.39, 0.29) is 31.8 Å². The second kappa shape index (κ2) is 8.10. The van der Waals surface area contributed by atoms with Crippen LogP contribution in [0.3, 0.4) is 0 Å². The summed E-state index contributed by atoms with van der Waals surface area (Å²) in [4.78, 5) is 24.4. The van der Waals surface area contributed by atoms with Gasteiger partial charge < -0.3 is 23.9 Å². The fraction of sp³-hybridized carbons (Fsp3) is 0.304. The van der Waals surface area contributed by atoms with E-state index in [9.17, 15) is 9.59 Å². The van der Waals surface area contributed by atoms with Crippen molar-refractivity contribution in [2.24, 2.45) is 0 Å². The standard InChI is InChI=1S/C23H23NO6/c1-13-4-6-18-17(10-28-23(18)14(13)2)9-22(26)27-11-21(25)24-15(3)16-5-7-19-20(8-16)30-12-29-19/h4-8,10,15H,9,11-12H2,1-3H3,(H,24,25)/t15-/m0/s1. The molecule has 0 saturated carbocycles. The van der Waals surface area contributed by atoms with E-state index < -0.39 is 5.97 Å². The maximum Gasteiger partial charge on any atom is 0.310 e. The van der Waals surface area contributed by atoms with Crippen LogP contribution in [0.5, 0.6) is 11.5 Å². The van der Waals surface area contributed by atoms with E-state index >= 15 is 0 Å². The van der Waals surface area contributed by atoms with Crippen molar-refractivity contribution in [1.82, 2.24) is 5.32 Å². The SMILES string of the molecule is Cc1ccc2c(CC(=O)OCC(=O)N[C@@H](C)c3ccc4c(c3)OCO4)coc2c1C. The summed E-state index contributed by atoms with van der Waals surface area (Å²) in [5, 5.41) is 3.70. The first-order chi connectivity index (χ1) is 14.4. The van der Waals surface area contributed by atoms with E-state index in [1.165, 1.54) is 0 Å². The molecule has 7 heteroatoms. The second-order valence-corrected chi connectivity index (χ2v) is 7.38. The molecule has 156 valence electrons. The Morgan fingerprint density at radius 1 is 1.13 bits per heavy atom. The van der Waals surface area contributed by atoms with Gasteiger partial charge in [0.05, 0.1) is 18.7 Å². The van der Waals surface area contributed by atoms with Crippen molar-refractivity contribution in [3.8, 4) is 11.5 Å². The van der Waals surface area contributed by atoms with Crippen LogP contribution in [0.4, 0.5) is 0 Å². The lowest BCUT2D eigenvalue weighted by Gasteiger charge is -2.15. The Labute approximate surface area is 173 Å². The van der Waals surface area contributed by atoms with Crippen LogP contribution >= 0.6 is 0 Å². The topological polar surface area (TPSA) is 87.0 Å². The summed E-state index contributed by atoms with van der Waals surface area (Å²) in [6.07, 6.45) is 1.61. The van der Waals surface area contributed by atoms with E-state index in [1.54, 1.807) is 12.3 Å². The fourth-order valence-electron chi connectivity index (χ4n) is 3.43. The first kappa shape index (κ1) is 19.8. The minimum atomic E-state index is -0.484. The Morgan fingerprint density at radius 3 is 2.77 bits per heavy atom. The van der Waals surface area contributed by atoms with Gasteiger partial charge in [0.15, 0.2) is 18.1 Å². The minimum Gasteiger partial charge on any atom is -0.464 e. The molecular formula is C23H23NO6. The Kier molecular flexibility index (Phi) is 5.35. The van der Waals surface area contributed by atoms with Crippen molar-refractivity contribution in [2.45, 2.75) is 33.2 Å². The number of furan rings is 1. The predicted octanol–water partition coefficient (Wildman–Crippen LogP) is 3.74. The van der Waals surface area contributed by atoms with Crippen LogP contribution < -0.4 is 14.8 Å². The molecule has 2 aromatic carbocycles. The summed E-state index contributed by atoms with van der Waals surface area (Å²) in [6.45, 7) is 5.69. The van der Waals surface area contributed by atoms with Crippen molar-refractivity contribution in [2.75, 3.05) is 13.4 Å². The number of ether oxygens (including phenoxy) is 3. The maximum atomic E-state index is 12.2. The molecular weight excluding hydrogens is 386 g/mol. The van der Waals surface area contributed by atoms with Crippen molar-refractivity contribution < 1.29 is 28.2 Å². The molecule has 0 radical (unpaired) electrons. The second-order valence-electron chi connectivity index (χ2n) is 7.38. The van der Waals surface area contributed by atoms with E-state index in [0.717, 1.165) is 33.2 Å². The van der Waals surface area contributed by atoms with Crippen LogP contribution in [0.2, 0.25) is 0 Å². The summed E-state index contributed by atoms with van der Waals surface area (Å²) in [6, 6.07) is 9.15. The number of aryl methyl sites for hydroxylation is 2. The molecule has 0 spiro atoms. The fourth-order valence-corrected chi connectivity index (χ4v) is 3.43. The summed E-state index contributed by atoms with van der Waals surface area (Å²) in [5.74, 6) is 0.472. The predicted molar refractivity (Wildman–Crippen MR) is 109 cm³/mol. The third-order valence-electron chi connectivity index (χ3n) is 5.31. The lowest BCUT2D eigenvalue weighted by molar-refractivity contribution is -0.148. The van der Waals surface area contributed by atoms with Crippen molar-refractivity contribution in [1.29, 1.82) is 0 Å². The number of rotatable bonds is 6. The lowest BCUT2D eigenvalue weighted by Crippen LogP contribution is -2.31. The van der Waals surface area contributed by atoms with Gasteiger partial charge in [0, 0.05) is 10.9 Å². The molecule has 4 rings (SSSR count). The van der Waals surface area contributed by atoms with Crippen LogP contribution in [0.1, 0.15) is 35.2 Å².